The van der Waals surface area contributed by atoms with Crippen LogP contribution in [0.15, 0.2) is 42.5 Å². The van der Waals surface area contributed by atoms with Gasteiger partial charge in [-0.1, -0.05) is 24.3 Å². The molecule has 0 aliphatic carbocycles. The molecule has 3 rings (SSSR count). The van der Waals surface area contributed by atoms with Crippen molar-refractivity contribution < 1.29 is 18.0 Å². The van der Waals surface area contributed by atoms with Crippen LogP contribution in [0.5, 0.6) is 0 Å². The van der Waals surface area contributed by atoms with Crippen LogP contribution in [0.3, 0.4) is 0 Å². The van der Waals surface area contributed by atoms with Crippen LogP contribution in [-0.4, -0.2) is 25.0 Å². The van der Waals surface area contributed by atoms with E-state index in [9.17, 15) is 18.0 Å². The fraction of sp³-hybridized carbons (Fsp3) is 0.316. The van der Waals surface area contributed by atoms with E-state index in [2.05, 4.69) is 10.6 Å². The van der Waals surface area contributed by atoms with Gasteiger partial charge in [0.25, 0.3) is 0 Å². The highest BCUT2D eigenvalue weighted by molar-refractivity contribution is 5.79. The molecule has 2 atom stereocenters. The van der Waals surface area contributed by atoms with Gasteiger partial charge in [-0.2, -0.15) is 0 Å². The summed E-state index contributed by atoms with van der Waals surface area (Å²) in [6, 6.07) is 9.70. The lowest BCUT2D eigenvalue weighted by Gasteiger charge is -2.33. The Balaban J connectivity index is 1.71. The number of rotatable bonds is 4. The number of amides is 1. The molecule has 0 bridgehead atoms. The van der Waals surface area contributed by atoms with E-state index in [0.717, 1.165) is 12.6 Å². The summed E-state index contributed by atoms with van der Waals surface area (Å²) in [5.74, 6) is -2.63. The molecule has 1 heterocycles. The molecule has 0 aromatic heterocycles. The van der Waals surface area contributed by atoms with E-state index in [1.807, 2.05) is 0 Å². The third-order valence-electron chi connectivity index (χ3n) is 4.51. The smallest absolute Gasteiger partial charge is 0.224 e. The summed E-state index contributed by atoms with van der Waals surface area (Å²) < 4.78 is 40.4. The average molecular weight is 348 g/mol. The number of benzene rings is 2. The quantitative estimate of drug-likeness (QED) is 0.892. The average Bonchev–Trinajstić information content (AvgIpc) is 2.60. The summed E-state index contributed by atoms with van der Waals surface area (Å²) in [6.45, 7) is 1.25. The normalized spacial score (nSPS) is 20.3. The van der Waals surface area contributed by atoms with Gasteiger partial charge >= 0.3 is 0 Å². The maximum atomic E-state index is 13.7. The molecule has 6 heteroatoms. The second kappa shape index (κ2) is 7.70. The highest BCUT2D eigenvalue weighted by Gasteiger charge is 2.28. The highest BCUT2D eigenvalue weighted by Crippen LogP contribution is 2.27. The standard InChI is InChI=1S/C19H19F3N2O/c20-15-4-2-1-3-13(15)10-19(25)24-18-11-23-8-7-14(18)12-5-6-16(21)17(22)9-12/h1-6,9,14,18,23H,7-8,10-11H2,(H,24,25). The minimum Gasteiger partial charge on any atom is -0.351 e. The van der Waals surface area contributed by atoms with E-state index in [1.54, 1.807) is 24.3 Å². The molecular formula is C19H19F3N2O. The zero-order chi connectivity index (χ0) is 17.8. The second-order valence-corrected chi connectivity index (χ2v) is 6.22. The fourth-order valence-corrected chi connectivity index (χ4v) is 3.22. The van der Waals surface area contributed by atoms with Gasteiger partial charge in [0.2, 0.25) is 5.91 Å². The SMILES string of the molecule is O=C(Cc1ccccc1F)NC1CNCCC1c1ccc(F)c(F)c1. The van der Waals surface area contributed by atoms with Crippen LogP contribution in [0.2, 0.25) is 0 Å². The van der Waals surface area contributed by atoms with Crippen LogP contribution in [0.25, 0.3) is 0 Å². The molecule has 1 aliphatic heterocycles. The molecule has 25 heavy (non-hydrogen) atoms. The van der Waals surface area contributed by atoms with Gasteiger partial charge in [0.1, 0.15) is 5.82 Å². The summed E-state index contributed by atoms with van der Waals surface area (Å²) >= 11 is 0. The summed E-state index contributed by atoms with van der Waals surface area (Å²) in [6.07, 6.45) is 0.628. The van der Waals surface area contributed by atoms with Gasteiger partial charge in [-0.05, 0) is 42.3 Å². The van der Waals surface area contributed by atoms with E-state index >= 15 is 0 Å². The molecule has 0 radical (unpaired) electrons. The van der Waals surface area contributed by atoms with E-state index in [1.165, 1.54) is 12.1 Å². The van der Waals surface area contributed by atoms with Gasteiger partial charge in [-0.3, -0.25) is 4.79 Å². The number of halogens is 3. The number of carbonyl (C=O) groups is 1. The molecule has 1 saturated heterocycles. The van der Waals surface area contributed by atoms with E-state index in [-0.39, 0.29) is 24.3 Å². The minimum absolute atomic E-state index is 0.0618. The Morgan fingerprint density at radius 2 is 1.88 bits per heavy atom. The Morgan fingerprint density at radius 3 is 2.64 bits per heavy atom. The minimum atomic E-state index is -0.896. The van der Waals surface area contributed by atoms with Crippen LogP contribution < -0.4 is 10.6 Å². The molecule has 2 N–H and O–H groups in total. The lowest BCUT2D eigenvalue weighted by atomic mass is 9.86. The second-order valence-electron chi connectivity index (χ2n) is 6.22. The predicted octanol–water partition coefficient (Wildman–Crippen LogP) is 2.91. The van der Waals surface area contributed by atoms with Gasteiger partial charge < -0.3 is 10.6 Å². The molecular weight excluding hydrogens is 329 g/mol. The van der Waals surface area contributed by atoms with Crippen molar-refractivity contribution in [1.29, 1.82) is 0 Å². The zero-order valence-electron chi connectivity index (χ0n) is 13.6. The van der Waals surface area contributed by atoms with Crippen LogP contribution in [0.4, 0.5) is 13.2 Å². The molecule has 2 unspecified atom stereocenters. The van der Waals surface area contributed by atoms with Crippen molar-refractivity contribution in [3.63, 3.8) is 0 Å². The molecule has 0 spiro atoms. The first kappa shape index (κ1) is 17.5. The van der Waals surface area contributed by atoms with Gasteiger partial charge in [-0.15, -0.1) is 0 Å². The van der Waals surface area contributed by atoms with Crippen LogP contribution >= 0.6 is 0 Å². The number of nitrogens with one attached hydrogen (secondary N) is 2. The Morgan fingerprint density at radius 1 is 1.08 bits per heavy atom. The summed E-state index contributed by atoms with van der Waals surface area (Å²) in [4.78, 5) is 12.3. The van der Waals surface area contributed by atoms with Crippen molar-refractivity contribution in [2.75, 3.05) is 13.1 Å². The number of piperidine rings is 1. The maximum absolute atomic E-state index is 13.7. The Bertz CT molecular complexity index is 766. The van der Waals surface area contributed by atoms with Gasteiger partial charge in [-0.25, -0.2) is 13.2 Å². The molecule has 2 aromatic rings. The van der Waals surface area contributed by atoms with Gasteiger partial charge in [0, 0.05) is 18.5 Å². The Hall–Kier alpha value is -2.34. The van der Waals surface area contributed by atoms with E-state index in [4.69, 9.17) is 0 Å². The van der Waals surface area contributed by atoms with Gasteiger partial charge in [0.15, 0.2) is 11.6 Å². The number of carbonyl (C=O) groups excluding carboxylic acids is 1. The molecule has 1 fully saturated rings. The lowest BCUT2D eigenvalue weighted by Crippen LogP contribution is -2.50. The third kappa shape index (κ3) is 4.20. The van der Waals surface area contributed by atoms with E-state index in [0.29, 0.717) is 24.1 Å². The van der Waals surface area contributed by atoms with Gasteiger partial charge in [0.05, 0.1) is 6.42 Å². The molecule has 132 valence electrons. The molecule has 1 aliphatic rings. The van der Waals surface area contributed by atoms with Crippen molar-refractivity contribution >= 4 is 5.91 Å². The maximum Gasteiger partial charge on any atom is 0.224 e. The zero-order valence-corrected chi connectivity index (χ0v) is 13.6. The van der Waals surface area contributed by atoms with Crippen molar-refractivity contribution in [3.8, 4) is 0 Å². The third-order valence-corrected chi connectivity index (χ3v) is 4.51. The first-order valence-corrected chi connectivity index (χ1v) is 8.23. The van der Waals surface area contributed by atoms with Crippen molar-refractivity contribution in [3.05, 3.63) is 71.0 Å². The molecule has 3 nitrogen and oxygen atoms in total. The van der Waals surface area contributed by atoms with Crippen LogP contribution in [0.1, 0.15) is 23.5 Å². The Labute approximate surface area is 144 Å². The first-order chi connectivity index (χ1) is 12.0. The highest BCUT2D eigenvalue weighted by atomic mass is 19.2. The largest absolute Gasteiger partial charge is 0.351 e. The fourth-order valence-electron chi connectivity index (χ4n) is 3.22. The number of hydrogen-bond donors (Lipinski definition) is 2. The van der Waals surface area contributed by atoms with Crippen molar-refractivity contribution in [2.45, 2.75) is 24.8 Å². The van der Waals surface area contributed by atoms with Crippen molar-refractivity contribution in [1.82, 2.24) is 10.6 Å². The lowest BCUT2D eigenvalue weighted by molar-refractivity contribution is -0.121. The molecule has 0 saturated carbocycles. The number of hydrogen-bond acceptors (Lipinski definition) is 2. The van der Waals surface area contributed by atoms with Crippen molar-refractivity contribution in [2.24, 2.45) is 0 Å². The Kier molecular flexibility index (Phi) is 5.38. The monoisotopic (exact) mass is 348 g/mol. The first-order valence-electron chi connectivity index (χ1n) is 8.23. The molecule has 1 amide bonds. The predicted molar refractivity (Wildman–Crippen MR) is 88.6 cm³/mol. The summed E-state index contributed by atoms with van der Waals surface area (Å²) in [5.41, 5.74) is 0.977. The summed E-state index contributed by atoms with van der Waals surface area (Å²) in [7, 11) is 0. The molecule has 2 aromatic carbocycles. The topological polar surface area (TPSA) is 41.1 Å². The van der Waals surface area contributed by atoms with Crippen LogP contribution in [-0.2, 0) is 11.2 Å². The summed E-state index contributed by atoms with van der Waals surface area (Å²) in [5, 5.41) is 6.08. The van der Waals surface area contributed by atoms with E-state index < -0.39 is 17.5 Å². The van der Waals surface area contributed by atoms with Crippen LogP contribution in [0, 0.1) is 17.5 Å².